The summed E-state index contributed by atoms with van der Waals surface area (Å²) in [5.41, 5.74) is -0.0635. The van der Waals surface area contributed by atoms with Crippen LogP contribution in [0.3, 0.4) is 0 Å². The number of hydrogen-bond donors (Lipinski definition) is 1. The van der Waals surface area contributed by atoms with Crippen LogP contribution in [0.15, 0.2) is 24.3 Å². The van der Waals surface area contributed by atoms with Gasteiger partial charge in [0.25, 0.3) is 0 Å². The highest BCUT2D eigenvalue weighted by Gasteiger charge is 2.31. The van der Waals surface area contributed by atoms with Gasteiger partial charge in [0.15, 0.2) is 0 Å². The van der Waals surface area contributed by atoms with Crippen molar-refractivity contribution in [1.82, 2.24) is 0 Å². The summed E-state index contributed by atoms with van der Waals surface area (Å²) in [5, 5.41) is 3.18. The molecule has 3 heteroatoms. The fraction of sp³-hybridized carbons (Fsp3) is 0.571. The van der Waals surface area contributed by atoms with Gasteiger partial charge in [-0.3, -0.25) is 0 Å². The molecule has 0 aromatic heterocycles. The number of alkyl halides is 1. The van der Waals surface area contributed by atoms with E-state index in [-0.39, 0.29) is 0 Å². The lowest BCUT2D eigenvalue weighted by atomic mass is 9.86. The summed E-state index contributed by atoms with van der Waals surface area (Å²) in [6.45, 7) is 0.416. The zero-order chi connectivity index (χ0) is 12.1. The molecule has 1 N–H and O–H groups in total. The molecule has 1 fully saturated rings. The van der Waals surface area contributed by atoms with Gasteiger partial charge in [0.1, 0.15) is 11.4 Å². The van der Waals surface area contributed by atoms with Crippen molar-refractivity contribution in [3.05, 3.63) is 24.3 Å². The predicted octanol–water partition coefficient (Wildman–Crippen LogP) is 3.78. The maximum atomic E-state index is 14.3. The van der Waals surface area contributed by atoms with Gasteiger partial charge in [-0.25, -0.2) is 4.39 Å². The molecule has 0 saturated heterocycles. The van der Waals surface area contributed by atoms with Crippen LogP contribution in [0, 0.1) is 0 Å². The van der Waals surface area contributed by atoms with Crippen molar-refractivity contribution in [2.75, 3.05) is 19.0 Å². The van der Waals surface area contributed by atoms with E-state index in [4.69, 9.17) is 4.74 Å². The lowest BCUT2D eigenvalue weighted by Gasteiger charge is -2.29. The molecule has 0 spiro atoms. The zero-order valence-corrected chi connectivity index (χ0v) is 10.3. The quantitative estimate of drug-likeness (QED) is 0.860. The van der Waals surface area contributed by atoms with Gasteiger partial charge < -0.3 is 10.1 Å². The Morgan fingerprint density at radius 1 is 1.18 bits per heavy atom. The summed E-state index contributed by atoms with van der Waals surface area (Å²) in [6.07, 6.45) is 4.59. The van der Waals surface area contributed by atoms with E-state index >= 15 is 0 Å². The number of hydrogen-bond acceptors (Lipinski definition) is 2. The van der Waals surface area contributed by atoms with E-state index in [0.717, 1.165) is 24.3 Å². The Balaban J connectivity index is 1.87. The number of methoxy groups -OCH3 is 1. The summed E-state index contributed by atoms with van der Waals surface area (Å²) < 4.78 is 19.4. The Hall–Kier alpha value is -1.25. The van der Waals surface area contributed by atoms with Crippen LogP contribution in [0.4, 0.5) is 10.1 Å². The standard InChI is InChI=1S/C14H20FNO/c1-17-13-7-5-12(6-8-13)16-11-14(15)9-3-2-4-10-14/h5-8,16H,2-4,9-11H2,1H3. The third kappa shape index (κ3) is 3.35. The molecule has 2 nitrogen and oxygen atoms in total. The van der Waals surface area contributed by atoms with Crippen LogP contribution >= 0.6 is 0 Å². The molecule has 1 saturated carbocycles. The first-order valence-corrected chi connectivity index (χ1v) is 6.29. The molecular weight excluding hydrogens is 217 g/mol. The van der Waals surface area contributed by atoms with E-state index in [9.17, 15) is 4.39 Å². The van der Waals surface area contributed by atoms with E-state index < -0.39 is 5.67 Å². The highest BCUT2D eigenvalue weighted by molar-refractivity contribution is 5.46. The smallest absolute Gasteiger partial charge is 0.128 e. The monoisotopic (exact) mass is 237 g/mol. The molecule has 0 bridgehead atoms. The highest BCUT2D eigenvalue weighted by Crippen LogP contribution is 2.32. The predicted molar refractivity (Wildman–Crippen MR) is 68.4 cm³/mol. The van der Waals surface area contributed by atoms with Gasteiger partial charge in [0, 0.05) is 12.2 Å². The molecule has 0 unspecified atom stereocenters. The van der Waals surface area contributed by atoms with Crippen molar-refractivity contribution in [2.24, 2.45) is 0 Å². The van der Waals surface area contributed by atoms with E-state index in [0.29, 0.717) is 19.4 Å². The van der Waals surface area contributed by atoms with Crippen LogP contribution < -0.4 is 10.1 Å². The minimum atomic E-state index is -1.02. The first kappa shape index (κ1) is 12.2. The summed E-state index contributed by atoms with van der Waals surface area (Å²) in [7, 11) is 1.64. The molecule has 0 heterocycles. The second-order valence-electron chi connectivity index (χ2n) is 4.79. The molecule has 1 aliphatic rings. The topological polar surface area (TPSA) is 21.3 Å². The fourth-order valence-corrected chi connectivity index (χ4v) is 2.33. The number of anilines is 1. The third-order valence-electron chi connectivity index (χ3n) is 3.45. The maximum absolute atomic E-state index is 14.3. The molecule has 2 rings (SSSR count). The average molecular weight is 237 g/mol. The van der Waals surface area contributed by atoms with E-state index in [1.807, 2.05) is 24.3 Å². The molecule has 0 amide bonds. The molecule has 94 valence electrons. The van der Waals surface area contributed by atoms with E-state index in [2.05, 4.69) is 5.32 Å². The van der Waals surface area contributed by atoms with Crippen molar-refractivity contribution < 1.29 is 9.13 Å². The molecule has 0 atom stereocenters. The van der Waals surface area contributed by atoms with E-state index in [1.54, 1.807) is 7.11 Å². The lowest BCUT2D eigenvalue weighted by molar-refractivity contribution is 0.122. The second kappa shape index (κ2) is 5.39. The van der Waals surface area contributed by atoms with Crippen molar-refractivity contribution in [3.8, 4) is 5.75 Å². The van der Waals surface area contributed by atoms with E-state index in [1.165, 1.54) is 6.42 Å². The Morgan fingerprint density at radius 2 is 1.82 bits per heavy atom. The van der Waals surface area contributed by atoms with Crippen LogP contribution in [0.1, 0.15) is 32.1 Å². The van der Waals surface area contributed by atoms with Gasteiger partial charge in [-0.05, 0) is 37.1 Å². The van der Waals surface area contributed by atoms with Crippen LogP contribution in [0.25, 0.3) is 0 Å². The van der Waals surface area contributed by atoms with Crippen LogP contribution in [0.5, 0.6) is 5.75 Å². The van der Waals surface area contributed by atoms with Crippen LogP contribution in [-0.4, -0.2) is 19.3 Å². The van der Waals surface area contributed by atoms with Gasteiger partial charge in [0.05, 0.1) is 7.11 Å². The number of benzene rings is 1. The summed E-state index contributed by atoms with van der Waals surface area (Å²) in [4.78, 5) is 0. The fourth-order valence-electron chi connectivity index (χ4n) is 2.33. The highest BCUT2D eigenvalue weighted by atomic mass is 19.1. The minimum Gasteiger partial charge on any atom is -0.497 e. The number of ether oxygens (including phenoxy) is 1. The molecule has 1 aliphatic carbocycles. The molecular formula is C14H20FNO. The Kier molecular flexibility index (Phi) is 3.87. The molecule has 0 radical (unpaired) electrons. The number of nitrogens with one attached hydrogen (secondary N) is 1. The Bertz CT molecular complexity index is 344. The number of halogens is 1. The third-order valence-corrected chi connectivity index (χ3v) is 3.45. The lowest BCUT2D eigenvalue weighted by Crippen LogP contribution is -2.34. The van der Waals surface area contributed by atoms with Gasteiger partial charge in [-0.2, -0.15) is 0 Å². The molecule has 17 heavy (non-hydrogen) atoms. The largest absolute Gasteiger partial charge is 0.497 e. The molecule has 1 aromatic rings. The summed E-state index contributed by atoms with van der Waals surface area (Å²) in [5.74, 6) is 0.822. The SMILES string of the molecule is COc1ccc(NCC2(F)CCCCC2)cc1. The summed E-state index contributed by atoms with van der Waals surface area (Å²) >= 11 is 0. The van der Waals surface area contributed by atoms with Crippen molar-refractivity contribution >= 4 is 5.69 Å². The second-order valence-corrected chi connectivity index (χ2v) is 4.79. The normalized spacial score (nSPS) is 18.7. The average Bonchev–Trinajstić information content (AvgIpc) is 2.38. The van der Waals surface area contributed by atoms with Crippen LogP contribution in [-0.2, 0) is 0 Å². The van der Waals surface area contributed by atoms with Crippen LogP contribution in [0.2, 0.25) is 0 Å². The van der Waals surface area contributed by atoms with Crippen molar-refractivity contribution in [3.63, 3.8) is 0 Å². The molecule has 0 aliphatic heterocycles. The maximum Gasteiger partial charge on any atom is 0.128 e. The van der Waals surface area contributed by atoms with Crippen molar-refractivity contribution in [1.29, 1.82) is 0 Å². The van der Waals surface area contributed by atoms with Gasteiger partial charge >= 0.3 is 0 Å². The van der Waals surface area contributed by atoms with Gasteiger partial charge in [-0.15, -0.1) is 0 Å². The van der Waals surface area contributed by atoms with Crippen molar-refractivity contribution in [2.45, 2.75) is 37.8 Å². The first-order chi connectivity index (χ1) is 8.22. The first-order valence-electron chi connectivity index (χ1n) is 6.29. The van der Waals surface area contributed by atoms with Gasteiger partial charge in [0.2, 0.25) is 0 Å². The Labute approximate surface area is 102 Å². The zero-order valence-electron chi connectivity index (χ0n) is 10.3. The Morgan fingerprint density at radius 3 is 2.41 bits per heavy atom. The van der Waals surface area contributed by atoms with Gasteiger partial charge in [-0.1, -0.05) is 19.3 Å². The minimum absolute atomic E-state index is 0.416. The number of rotatable bonds is 4. The molecule has 1 aromatic carbocycles. The summed E-state index contributed by atoms with van der Waals surface area (Å²) in [6, 6.07) is 7.61.